The first-order valence-corrected chi connectivity index (χ1v) is 10.9. The fourth-order valence-electron chi connectivity index (χ4n) is 3.64. The number of carbonyl (C=O) groups excluding carboxylic acids is 1. The summed E-state index contributed by atoms with van der Waals surface area (Å²) in [5, 5.41) is 14.2. The lowest BCUT2D eigenvalue weighted by Crippen LogP contribution is -2.34. The Balaban J connectivity index is 2.73. The van der Waals surface area contributed by atoms with Crippen molar-refractivity contribution in [2.75, 3.05) is 0 Å². The average Bonchev–Trinajstić information content (AvgIpc) is 2.59. The number of halogens is 1. The first kappa shape index (κ1) is 24.0. The van der Waals surface area contributed by atoms with Gasteiger partial charge in [-0.05, 0) is 63.1 Å². The van der Waals surface area contributed by atoms with E-state index in [4.69, 9.17) is 16.3 Å². The van der Waals surface area contributed by atoms with Crippen LogP contribution in [-0.2, 0) is 9.53 Å². The van der Waals surface area contributed by atoms with E-state index >= 15 is 0 Å². The number of dihydropyridines is 1. The lowest BCUT2D eigenvalue weighted by molar-refractivity contribution is -0.150. The second-order valence-electron chi connectivity index (χ2n) is 9.70. The highest BCUT2D eigenvalue weighted by atomic mass is 35.5. The van der Waals surface area contributed by atoms with Gasteiger partial charge in [0.15, 0.2) is 0 Å². The summed E-state index contributed by atoms with van der Waals surface area (Å²) < 4.78 is 5.78. The zero-order valence-corrected chi connectivity index (χ0v) is 19.9. The SMILES string of the molecule is CC(C)CC1=C(C#N)C(c2ccc(Cl)cc2)C(C(=O)OC(C)(C)C)=C(CC(C)C)N1. The van der Waals surface area contributed by atoms with Crippen molar-refractivity contribution in [3.63, 3.8) is 0 Å². The Labute approximate surface area is 186 Å². The average molecular weight is 429 g/mol. The van der Waals surface area contributed by atoms with Crippen LogP contribution in [0.15, 0.2) is 46.8 Å². The highest BCUT2D eigenvalue weighted by Crippen LogP contribution is 2.41. The molecule has 0 spiro atoms. The molecule has 1 heterocycles. The van der Waals surface area contributed by atoms with Crippen LogP contribution in [0.1, 0.15) is 72.8 Å². The smallest absolute Gasteiger partial charge is 0.337 e. The molecular weight excluding hydrogens is 396 g/mol. The standard InChI is InChI=1S/C25H33ClN2O2/c1-15(2)12-20-19(14-27)22(17-8-10-18(26)11-9-17)23(21(28-20)13-16(3)4)24(29)30-25(5,6)7/h8-11,15-16,22,28H,12-13H2,1-7H3. The largest absolute Gasteiger partial charge is 0.457 e. The van der Waals surface area contributed by atoms with Crippen LogP contribution < -0.4 is 5.32 Å². The molecule has 1 aliphatic heterocycles. The molecule has 0 saturated carbocycles. The molecule has 1 aromatic carbocycles. The van der Waals surface area contributed by atoms with Crippen molar-refractivity contribution in [2.45, 2.75) is 72.8 Å². The maximum atomic E-state index is 13.4. The van der Waals surface area contributed by atoms with Crippen LogP contribution in [0.25, 0.3) is 0 Å². The van der Waals surface area contributed by atoms with Gasteiger partial charge in [-0.1, -0.05) is 51.4 Å². The fourth-order valence-corrected chi connectivity index (χ4v) is 3.77. The Kier molecular flexibility index (Phi) is 7.77. The molecule has 0 radical (unpaired) electrons. The van der Waals surface area contributed by atoms with Gasteiger partial charge in [0.2, 0.25) is 0 Å². The third-order valence-electron chi connectivity index (χ3n) is 4.70. The minimum Gasteiger partial charge on any atom is -0.457 e. The predicted molar refractivity (Wildman–Crippen MR) is 122 cm³/mol. The second kappa shape index (κ2) is 9.71. The molecule has 4 nitrogen and oxygen atoms in total. The number of benzene rings is 1. The van der Waals surface area contributed by atoms with Crippen LogP contribution in [0.3, 0.4) is 0 Å². The van der Waals surface area contributed by atoms with E-state index in [0.29, 0.717) is 34.4 Å². The van der Waals surface area contributed by atoms with Gasteiger partial charge >= 0.3 is 5.97 Å². The molecule has 1 unspecified atom stereocenters. The van der Waals surface area contributed by atoms with E-state index in [2.05, 4.69) is 39.1 Å². The van der Waals surface area contributed by atoms with Gasteiger partial charge in [-0.15, -0.1) is 0 Å². The van der Waals surface area contributed by atoms with Crippen LogP contribution in [0, 0.1) is 23.2 Å². The quantitative estimate of drug-likeness (QED) is 0.525. The molecule has 30 heavy (non-hydrogen) atoms. The Hall–Kier alpha value is -2.25. The van der Waals surface area contributed by atoms with E-state index in [-0.39, 0.29) is 5.97 Å². The molecule has 1 aliphatic rings. The number of hydrogen-bond acceptors (Lipinski definition) is 4. The molecule has 0 fully saturated rings. The maximum Gasteiger partial charge on any atom is 0.337 e. The monoisotopic (exact) mass is 428 g/mol. The van der Waals surface area contributed by atoms with Gasteiger partial charge < -0.3 is 10.1 Å². The summed E-state index contributed by atoms with van der Waals surface area (Å²) in [4.78, 5) is 13.4. The molecule has 162 valence electrons. The lowest BCUT2D eigenvalue weighted by atomic mass is 9.78. The molecule has 0 saturated heterocycles. The Morgan fingerprint density at radius 1 is 1.10 bits per heavy atom. The number of carbonyl (C=O) groups is 1. The van der Waals surface area contributed by atoms with Crippen molar-refractivity contribution in [1.29, 1.82) is 5.26 Å². The number of nitrogens with zero attached hydrogens (tertiary/aromatic N) is 1. The van der Waals surface area contributed by atoms with Gasteiger partial charge in [0.05, 0.1) is 23.1 Å². The van der Waals surface area contributed by atoms with Crippen molar-refractivity contribution in [3.8, 4) is 6.07 Å². The van der Waals surface area contributed by atoms with E-state index in [1.54, 1.807) is 12.1 Å². The number of nitriles is 1. The Morgan fingerprint density at radius 2 is 1.63 bits per heavy atom. The fraction of sp³-hybridized carbons (Fsp3) is 0.520. The minimum atomic E-state index is -0.633. The second-order valence-corrected chi connectivity index (χ2v) is 10.1. The van der Waals surface area contributed by atoms with Crippen molar-refractivity contribution >= 4 is 17.6 Å². The molecule has 0 amide bonds. The van der Waals surface area contributed by atoms with E-state index < -0.39 is 11.5 Å². The van der Waals surface area contributed by atoms with Crippen LogP contribution >= 0.6 is 11.6 Å². The topological polar surface area (TPSA) is 62.1 Å². The summed E-state index contributed by atoms with van der Waals surface area (Å²) >= 11 is 6.11. The molecule has 5 heteroatoms. The first-order valence-electron chi connectivity index (χ1n) is 10.5. The van der Waals surface area contributed by atoms with Crippen molar-refractivity contribution < 1.29 is 9.53 Å². The Bertz CT molecular complexity index is 881. The first-order chi connectivity index (χ1) is 13.9. The molecule has 0 aliphatic carbocycles. The zero-order chi connectivity index (χ0) is 22.6. The van der Waals surface area contributed by atoms with Gasteiger partial charge in [-0.25, -0.2) is 4.79 Å². The molecule has 0 aromatic heterocycles. The summed E-state index contributed by atoms with van der Waals surface area (Å²) in [5.41, 5.74) is 3.04. The molecule has 1 aromatic rings. The summed E-state index contributed by atoms with van der Waals surface area (Å²) in [7, 11) is 0. The number of nitrogens with one attached hydrogen (secondary N) is 1. The van der Waals surface area contributed by atoms with Crippen LogP contribution in [0.5, 0.6) is 0 Å². The highest BCUT2D eigenvalue weighted by molar-refractivity contribution is 6.30. The van der Waals surface area contributed by atoms with Crippen molar-refractivity contribution in [1.82, 2.24) is 5.32 Å². The molecule has 2 rings (SSSR count). The van der Waals surface area contributed by atoms with E-state index in [1.807, 2.05) is 32.9 Å². The third-order valence-corrected chi connectivity index (χ3v) is 4.95. The lowest BCUT2D eigenvalue weighted by Gasteiger charge is -2.33. The highest BCUT2D eigenvalue weighted by Gasteiger charge is 2.37. The molecule has 1 N–H and O–H groups in total. The zero-order valence-electron chi connectivity index (χ0n) is 19.1. The molecule has 1 atom stereocenters. The van der Waals surface area contributed by atoms with Crippen molar-refractivity contribution in [3.05, 3.63) is 57.4 Å². The van der Waals surface area contributed by atoms with E-state index in [0.717, 1.165) is 23.4 Å². The maximum absolute atomic E-state index is 13.4. The summed E-state index contributed by atoms with van der Waals surface area (Å²) in [6.45, 7) is 14.0. The summed E-state index contributed by atoms with van der Waals surface area (Å²) in [5.74, 6) is -0.169. The van der Waals surface area contributed by atoms with Crippen LogP contribution in [0.4, 0.5) is 0 Å². The van der Waals surface area contributed by atoms with Gasteiger partial charge in [0.1, 0.15) is 5.60 Å². The van der Waals surface area contributed by atoms with E-state index in [9.17, 15) is 10.1 Å². The van der Waals surface area contributed by atoms with Gasteiger partial charge in [0.25, 0.3) is 0 Å². The van der Waals surface area contributed by atoms with Crippen LogP contribution in [0.2, 0.25) is 5.02 Å². The predicted octanol–water partition coefficient (Wildman–Crippen LogP) is 6.49. The number of allylic oxidation sites excluding steroid dienone is 3. The third kappa shape index (κ3) is 6.12. The van der Waals surface area contributed by atoms with E-state index in [1.165, 1.54) is 0 Å². The Morgan fingerprint density at radius 3 is 2.10 bits per heavy atom. The number of esters is 1. The molecule has 0 bridgehead atoms. The number of hydrogen-bond donors (Lipinski definition) is 1. The van der Waals surface area contributed by atoms with Gasteiger partial charge in [0, 0.05) is 16.4 Å². The molecular formula is C25H33ClN2O2. The van der Waals surface area contributed by atoms with Gasteiger partial charge in [-0.3, -0.25) is 0 Å². The summed E-state index contributed by atoms with van der Waals surface area (Å²) in [6, 6.07) is 9.76. The number of ether oxygens (including phenoxy) is 1. The minimum absolute atomic E-state index is 0.333. The summed E-state index contributed by atoms with van der Waals surface area (Å²) in [6.07, 6.45) is 1.43. The van der Waals surface area contributed by atoms with Crippen molar-refractivity contribution in [2.24, 2.45) is 11.8 Å². The number of rotatable bonds is 6. The normalized spacial score (nSPS) is 17.3. The van der Waals surface area contributed by atoms with Crippen LogP contribution in [-0.4, -0.2) is 11.6 Å². The van der Waals surface area contributed by atoms with Gasteiger partial charge in [-0.2, -0.15) is 5.26 Å².